The number of hydrogen-bond donors (Lipinski definition) is 2. The van der Waals surface area contributed by atoms with Crippen LogP contribution in [0.25, 0.3) is 0 Å². The Kier molecular flexibility index (Phi) is 7.25. The first-order valence-electron chi connectivity index (χ1n) is 8.49. The van der Waals surface area contributed by atoms with Gasteiger partial charge in [-0.1, -0.05) is 18.1 Å². The molecule has 0 saturated carbocycles. The molecule has 1 aromatic carbocycles. The molecule has 1 heterocycles. The molecule has 2 N–H and O–H groups in total. The van der Waals surface area contributed by atoms with Crippen LogP contribution in [0.4, 0.5) is 4.39 Å². The van der Waals surface area contributed by atoms with Crippen LogP contribution < -0.4 is 15.4 Å². The number of hydrogen-bond acceptors (Lipinski definition) is 4. The Morgan fingerprint density at radius 2 is 2.16 bits per heavy atom. The van der Waals surface area contributed by atoms with Crippen molar-refractivity contribution in [3.8, 4) is 5.75 Å². The highest BCUT2D eigenvalue weighted by molar-refractivity contribution is 5.79. The normalized spacial score (nSPS) is 12.7. The minimum Gasteiger partial charge on any atom is -0.489 e. The maximum atomic E-state index is 13.2. The van der Waals surface area contributed by atoms with E-state index in [0.717, 1.165) is 24.4 Å². The van der Waals surface area contributed by atoms with E-state index in [1.54, 1.807) is 12.1 Å². The fourth-order valence-electron chi connectivity index (χ4n) is 2.15. The van der Waals surface area contributed by atoms with Crippen LogP contribution in [0.5, 0.6) is 5.75 Å². The molecule has 25 heavy (non-hydrogen) atoms. The molecule has 0 radical (unpaired) electrons. The molecule has 6 nitrogen and oxygen atoms in total. The highest BCUT2D eigenvalue weighted by Gasteiger charge is 2.07. The van der Waals surface area contributed by atoms with Crippen molar-refractivity contribution in [2.75, 3.05) is 13.1 Å². The third kappa shape index (κ3) is 6.45. The van der Waals surface area contributed by atoms with E-state index in [4.69, 9.17) is 9.26 Å². The van der Waals surface area contributed by atoms with Gasteiger partial charge in [-0.05, 0) is 32.4 Å². The molecular formula is C18H25FN4O2. The number of aryl methyl sites for hydroxylation is 1. The summed E-state index contributed by atoms with van der Waals surface area (Å²) in [5.74, 6) is 1.57. The van der Waals surface area contributed by atoms with Crippen molar-refractivity contribution in [3.05, 3.63) is 47.6 Å². The Morgan fingerprint density at radius 3 is 2.84 bits per heavy atom. The Morgan fingerprint density at radius 1 is 1.32 bits per heavy atom. The zero-order chi connectivity index (χ0) is 18.1. The van der Waals surface area contributed by atoms with Crippen molar-refractivity contribution in [3.63, 3.8) is 0 Å². The maximum absolute atomic E-state index is 13.2. The summed E-state index contributed by atoms with van der Waals surface area (Å²) in [4.78, 5) is 4.47. The largest absolute Gasteiger partial charge is 0.489 e. The van der Waals surface area contributed by atoms with Crippen LogP contribution in [0, 0.1) is 5.82 Å². The zero-order valence-electron chi connectivity index (χ0n) is 14.9. The van der Waals surface area contributed by atoms with Crippen LogP contribution in [0.3, 0.4) is 0 Å². The molecule has 1 aromatic heterocycles. The number of ether oxygens (including phenoxy) is 1. The van der Waals surface area contributed by atoms with Gasteiger partial charge >= 0.3 is 0 Å². The molecule has 1 unspecified atom stereocenters. The predicted molar refractivity (Wildman–Crippen MR) is 95.2 cm³/mol. The van der Waals surface area contributed by atoms with E-state index in [2.05, 4.69) is 20.8 Å². The lowest BCUT2D eigenvalue weighted by molar-refractivity contribution is 0.223. The average molecular weight is 348 g/mol. The van der Waals surface area contributed by atoms with Gasteiger partial charge in [0.15, 0.2) is 11.7 Å². The fourth-order valence-corrected chi connectivity index (χ4v) is 2.15. The van der Waals surface area contributed by atoms with Crippen molar-refractivity contribution < 1.29 is 13.7 Å². The SMILES string of the molecule is CCNC(=NCc1cc(CC)no1)NCC(C)Oc1cccc(F)c1. The topological polar surface area (TPSA) is 71.7 Å². The van der Waals surface area contributed by atoms with E-state index in [-0.39, 0.29) is 11.9 Å². The van der Waals surface area contributed by atoms with Crippen molar-refractivity contribution in [2.45, 2.75) is 39.8 Å². The molecule has 0 saturated heterocycles. The van der Waals surface area contributed by atoms with Crippen LogP contribution in [0.15, 0.2) is 39.8 Å². The van der Waals surface area contributed by atoms with Gasteiger partial charge in [0.25, 0.3) is 0 Å². The Labute approximate surface area is 147 Å². The maximum Gasteiger partial charge on any atom is 0.191 e. The highest BCUT2D eigenvalue weighted by atomic mass is 19.1. The molecule has 136 valence electrons. The molecule has 0 aliphatic heterocycles. The van der Waals surface area contributed by atoms with Crippen molar-refractivity contribution in [2.24, 2.45) is 4.99 Å². The molecule has 0 aliphatic rings. The number of guanidine groups is 1. The minimum atomic E-state index is -0.314. The van der Waals surface area contributed by atoms with Gasteiger partial charge in [-0.25, -0.2) is 9.38 Å². The Balaban J connectivity index is 1.86. The average Bonchev–Trinajstić information content (AvgIpc) is 3.05. The van der Waals surface area contributed by atoms with Gasteiger partial charge in [0.1, 0.15) is 24.2 Å². The summed E-state index contributed by atoms with van der Waals surface area (Å²) >= 11 is 0. The van der Waals surface area contributed by atoms with Gasteiger partial charge in [0.05, 0.1) is 12.2 Å². The lowest BCUT2D eigenvalue weighted by atomic mass is 10.3. The summed E-state index contributed by atoms with van der Waals surface area (Å²) in [7, 11) is 0. The van der Waals surface area contributed by atoms with E-state index in [1.807, 2.05) is 26.8 Å². The van der Waals surface area contributed by atoms with Gasteiger partial charge in [0, 0.05) is 18.7 Å². The second kappa shape index (κ2) is 9.66. The molecule has 0 spiro atoms. The zero-order valence-corrected chi connectivity index (χ0v) is 14.9. The Hall–Kier alpha value is -2.57. The number of benzene rings is 1. The van der Waals surface area contributed by atoms with Crippen LogP contribution >= 0.6 is 0 Å². The minimum absolute atomic E-state index is 0.150. The van der Waals surface area contributed by atoms with Gasteiger partial charge in [-0.2, -0.15) is 0 Å². The molecule has 2 rings (SSSR count). The summed E-state index contributed by atoms with van der Waals surface area (Å²) < 4.78 is 24.1. The number of aromatic nitrogens is 1. The van der Waals surface area contributed by atoms with Gasteiger partial charge in [-0.15, -0.1) is 0 Å². The quantitative estimate of drug-likeness (QED) is 0.567. The third-order valence-corrected chi connectivity index (χ3v) is 3.40. The molecule has 0 amide bonds. The fraction of sp³-hybridized carbons (Fsp3) is 0.444. The molecule has 0 bridgehead atoms. The van der Waals surface area contributed by atoms with Crippen molar-refractivity contribution in [1.29, 1.82) is 0 Å². The first-order chi connectivity index (χ1) is 12.1. The molecule has 0 fully saturated rings. The van der Waals surface area contributed by atoms with Gasteiger partial charge < -0.3 is 19.9 Å². The second-order valence-electron chi connectivity index (χ2n) is 5.60. The number of nitrogens with one attached hydrogen (secondary N) is 2. The smallest absolute Gasteiger partial charge is 0.191 e. The third-order valence-electron chi connectivity index (χ3n) is 3.40. The first kappa shape index (κ1) is 18.8. The number of nitrogens with zero attached hydrogens (tertiary/aromatic N) is 2. The highest BCUT2D eigenvalue weighted by Crippen LogP contribution is 2.13. The summed E-state index contributed by atoms with van der Waals surface area (Å²) in [5, 5.41) is 10.3. The lowest BCUT2D eigenvalue weighted by Crippen LogP contribution is -2.41. The standard InChI is InChI=1S/C18H25FN4O2/c1-4-15-10-17(25-23-15)12-22-18(20-5-2)21-11-13(3)24-16-8-6-7-14(19)9-16/h6-10,13H,4-5,11-12H2,1-3H3,(H2,20,21,22). The van der Waals surface area contributed by atoms with Crippen LogP contribution in [-0.4, -0.2) is 30.3 Å². The molecule has 7 heteroatoms. The Bertz CT molecular complexity index is 687. The number of aliphatic imine (C=N–C) groups is 1. The van der Waals surface area contributed by atoms with Gasteiger partial charge in [0.2, 0.25) is 0 Å². The summed E-state index contributed by atoms with van der Waals surface area (Å²) in [6.07, 6.45) is 0.683. The van der Waals surface area contributed by atoms with E-state index in [1.165, 1.54) is 12.1 Å². The van der Waals surface area contributed by atoms with E-state index in [9.17, 15) is 4.39 Å². The monoisotopic (exact) mass is 348 g/mol. The van der Waals surface area contributed by atoms with E-state index in [0.29, 0.717) is 24.8 Å². The van der Waals surface area contributed by atoms with E-state index < -0.39 is 0 Å². The lowest BCUT2D eigenvalue weighted by Gasteiger charge is -2.17. The first-order valence-corrected chi connectivity index (χ1v) is 8.49. The summed E-state index contributed by atoms with van der Waals surface area (Å²) in [6.45, 7) is 7.59. The number of rotatable bonds is 8. The van der Waals surface area contributed by atoms with Crippen molar-refractivity contribution in [1.82, 2.24) is 15.8 Å². The predicted octanol–water partition coefficient (Wildman–Crippen LogP) is 2.90. The van der Waals surface area contributed by atoms with Crippen molar-refractivity contribution >= 4 is 5.96 Å². The molecule has 2 aromatic rings. The molecule has 1 atom stereocenters. The second-order valence-corrected chi connectivity index (χ2v) is 5.60. The van der Waals surface area contributed by atoms with Crippen LogP contribution in [0.1, 0.15) is 32.2 Å². The summed E-state index contributed by atoms with van der Waals surface area (Å²) in [5.41, 5.74) is 0.917. The number of halogens is 1. The summed E-state index contributed by atoms with van der Waals surface area (Å²) in [6, 6.07) is 8.01. The van der Waals surface area contributed by atoms with E-state index >= 15 is 0 Å². The molecular weight excluding hydrogens is 323 g/mol. The van der Waals surface area contributed by atoms with Crippen LogP contribution in [0.2, 0.25) is 0 Å². The van der Waals surface area contributed by atoms with Gasteiger partial charge in [-0.3, -0.25) is 0 Å². The van der Waals surface area contributed by atoms with Crippen LogP contribution in [-0.2, 0) is 13.0 Å². The molecule has 0 aliphatic carbocycles.